The fourth-order valence-corrected chi connectivity index (χ4v) is 3.92. The second kappa shape index (κ2) is 6.72. The molecule has 1 amide bonds. The molecule has 2 fully saturated rings. The van der Waals surface area contributed by atoms with Crippen LogP contribution >= 0.6 is 0 Å². The Balaban J connectivity index is 1.42. The molecule has 0 radical (unpaired) electrons. The molecule has 2 unspecified atom stereocenters. The lowest BCUT2D eigenvalue weighted by Crippen LogP contribution is -2.34. The summed E-state index contributed by atoms with van der Waals surface area (Å²) in [4.78, 5) is 17.0. The molecule has 2 heterocycles. The number of rotatable bonds is 5. The molecule has 1 aromatic carbocycles. The zero-order chi connectivity index (χ0) is 18.1. The molecule has 1 aliphatic heterocycles. The van der Waals surface area contributed by atoms with Crippen molar-refractivity contribution < 1.29 is 14.1 Å². The highest BCUT2D eigenvalue weighted by Crippen LogP contribution is 2.58. The van der Waals surface area contributed by atoms with Crippen molar-refractivity contribution in [1.82, 2.24) is 20.8 Å². The Morgan fingerprint density at radius 3 is 2.92 bits per heavy atom. The van der Waals surface area contributed by atoms with E-state index < -0.39 is 0 Å². The fraction of sp³-hybridized carbons (Fsp3) is 0.526. The van der Waals surface area contributed by atoms with Crippen molar-refractivity contribution in [2.24, 2.45) is 11.3 Å². The lowest BCUT2D eigenvalue weighted by molar-refractivity contribution is -0.124. The molecule has 2 aromatic rings. The van der Waals surface area contributed by atoms with Gasteiger partial charge < -0.3 is 19.9 Å². The van der Waals surface area contributed by atoms with Gasteiger partial charge in [0.15, 0.2) is 0 Å². The van der Waals surface area contributed by atoms with Crippen molar-refractivity contribution in [2.45, 2.75) is 32.2 Å². The van der Waals surface area contributed by atoms with E-state index in [0.29, 0.717) is 17.5 Å². The van der Waals surface area contributed by atoms with E-state index in [2.05, 4.69) is 20.8 Å². The highest BCUT2D eigenvalue weighted by atomic mass is 16.5. The summed E-state index contributed by atoms with van der Waals surface area (Å²) in [7, 11) is 1.61. The van der Waals surface area contributed by atoms with Crippen LogP contribution in [0, 0.1) is 11.3 Å². The van der Waals surface area contributed by atoms with Crippen molar-refractivity contribution in [2.75, 3.05) is 20.2 Å². The normalized spacial score (nSPS) is 22.0. The highest BCUT2D eigenvalue weighted by Gasteiger charge is 2.57. The first-order valence-corrected chi connectivity index (χ1v) is 9.11. The number of nitrogens with one attached hydrogen (secondary N) is 2. The summed E-state index contributed by atoms with van der Waals surface area (Å²) in [6, 6.07) is 7.19. The molecule has 1 saturated heterocycles. The Kier molecular flexibility index (Phi) is 4.40. The van der Waals surface area contributed by atoms with Crippen LogP contribution in [0.2, 0.25) is 0 Å². The van der Waals surface area contributed by atoms with Crippen LogP contribution in [0.25, 0.3) is 11.4 Å². The van der Waals surface area contributed by atoms with E-state index in [1.807, 2.05) is 31.2 Å². The maximum atomic E-state index is 12.6. The molecule has 1 aromatic heterocycles. The zero-order valence-corrected chi connectivity index (χ0v) is 15.1. The SMILES string of the molecule is COc1ccccc1-c1noc(C(C)NC(=O)C2CC23CCNCC3)n1. The van der Waals surface area contributed by atoms with E-state index in [9.17, 15) is 4.79 Å². The predicted molar refractivity (Wildman–Crippen MR) is 95.5 cm³/mol. The van der Waals surface area contributed by atoms with Gasteiger partial charge in [0.2, 0.25) is 17.6 Å². The third kappa shape index (κ3) is 3.07. The van der Waals surface area contributed by atoms with Gasteiger partial charge in [-0.25, -0.2) is 0 Å². The molecule has 1 spiro atoms. The lowest BCUT2D eigenvalue weighted by atomic mass is 9.91. The summed E-state index contributed by atoms with van der Waals surface area (Å²) in [6.45, 7) is 3.88. The van der Waals surface area contributed by atoms with Crippen molar-refractivity contribution in [3.05, 3.63) is 30.2 Å². The Morgan fingerprint density at radius 2 is 2.15 bits per heavy atom. The molecule has 7 nitrogen and oxygen atoms in total. The number of carbonyl (C=O) groups is 1. The van der Waals surface area contributed by atoms with Crippen LogP contribution in [0.4, 0.5) is 0 Å². The standard InChI is InChI=1S/C19H24N4O3/c1-12(21-17(24)14-11-19(14)7-9-20-10-8-19)18-22-16(23-26-18)13-5-3-4-6-15(13)25-2/h3-6,12,14,20H,7-11H2,1-2H3,(H,21,24). The van der Waals surface area contributed by atoms with E-state index in [4.69, 9.17) is 9.26 Å². The molecule has 2 atom stereocenters. The van der Waals surface area contributed by atoms with Gasteiger partial charge in [0.05, 0.1) is 12.7 Å². The van der Waals surface area contributed by atoms with Crippen LogP contribution in [0.15, 0.2) is 28.8 Å². The molecule has 2 N–H and O–H groups in total. The van der Waals surface area contributed by atoms with Gasteiger partial charge in [-0.1, -0.05) is 17.3 Å². The zero-order valence-electron chi connectivity index (χ0n) is 15.1. The van der Waals surface area contributed by atoms with Gasteiger partial charge in [0.1, 0.15) is 11.8 Å². The first-order valence-electron chi connectivity index (χ1n) is 9.11. The minimum atomic E-state index is -0.321. The number of hydrogen-bond donors (Lipinski definition) is 2. The molecule has 2 aliphatic rings. The number of aromatic nitrogens is 2. The van der Waals surface area contributed by atoms with E-state index in [-0.39, 0.29) is 23.3 Å². The van der Waals surface area contributed by atoms with E-state index in [1.54, 1.807) is 7.11 Å². The Hall–Kier alpha value is -2.41. The number of methoxy groups -OCH3 is 1. The van der Waals surface area contributed by atoms with Gasteiger partial charge >= 0.3 is 0 Å². The van der Waals surface area contributed by atoms with Gasteiger partial charge in [-0.3, -0.25) is 4.79 Å². The summed E-state index contributed by atoms with van der Waals surface area (Å²) in [5.41, 5.74) is 0.978. The number of amides is 1. The molecule has 0 bridgehead atoms. The summed E-state index contributed by atoms with van der Waals surface area (Å²) in [5, 5.41) is 10.4. The topological polar surface area (TPSA) is 89.3 Å². The molecule has 26 heavy (non-hydrogen) atoms. The van der Waals surface area contributed by atoms with Crippen molar-refractivity contribution >= 4 is 5.91 Å². The van der Waals surface area contributed by atoms with Crippen LogP contribution in [0.5, 0.6) is 5.75 Å². The van der Waals surface area contributed by atoms with Gasteiger partial charge in [-0.05, 0) is 56.8 Å². The average Bonchev–Trinajstić information content (AvgIpc) is 3.14. The third-order valence-corrected chi connectivity index (χ3v) is 5.62. The lowest BCUT2D eigenvalue weighted by Gasteiger charge is -2.23. The second-order valence-corrected chi connectivity index (χ2v) is 7.26. The molecular weight excluding hydrogens is 332 g/mol. The fourth-order valence-electron chi connectivity index (χ4n) is 3.92. The van der Waals surface area contributed by atoms with Crippen LogP contribution in [0.1, 0.15) is 38.1 Å². The molecule has 1 aliphatic carbocycles. The molecular formula is C19H24N4O3. The number of carbonyl (C=O) groups excluding carboxylic acids is 1. The minimum absolute atomic E-state index is 0.0939. The summed E-state index contributed by atoms with van der Waals surface area (Å²) < 4.78 is 10.7. The van der Waals surface area contributed by atoms with Gasteiger partial charge in [-0.2, -0.15) is 4.98 Å². The van der Waals surface area contributed by atoms with Crippen LogP contribution in [-0.4, -0.2) is 36.2 Å². The number of hydrogen-bond acceptors (Lipinski definition) is 6. The number of ether oxygens (including phenoxy) is 1. The Labute approximate surface area is 152 Å². The quantitative estimate of drug-likeness (QED) is 0.855. The van der Waals surface area contributed by atoms with Gasteiger partial charge in [0, 0.05) is 5.92 Å². The first-order chi connectivity index (χ1) is 12.6. The van der Waals surface area contributed by atoms with Gasteiger partial charge in [0.25, 0.3) is 0 Å². The predicted octanol–water partition coefficient (Wildman–Crippen LogP) is 2.31. The summed E-state index contributed by atoms with van der Waals surface area (Å²) in [6.07, 6.45) is 3.15. The number of piperidine rings is 1. The van der Waals surface area contributed by atoms with Crippen molar-refractivity contribution in [3.63, 3.8) is 0 Å². The van der Waals surface area contributed by atoms with Crippen molar-refractivity contribution in [1.29, 1.82) is 0 Å². The summed E-state index contributed by atoms with van der Waals surface area (Å²) in [5.74, 6) is 1.75. The number of para-hydroxylation sites is 1. The number of nitrogens with zero attached hydrogens (tertiary/aromatic N) is 2. The van der Waals surface area contributed by atoms with Crippen LogP contribution in [0.3, 0.4) is 0 Å². The average molecular weight is 356 g/mol. The second-order valence-electron chi connectivity index (χ2n) is 7.26. The molecule has 4 rings (SSSR count). The molecule has 1 saturated carbocycles. The van der Waals surface area contributed by atoms with Gasteiger partial charge in [-0.15, -0.1) is 0 Å². The Bertz CT molecular complexity index is 798. The minimum Gasteiger partial charge on any atom is -0.496 e. The Morgan fingerprint density at radius 1 is 1.38 bits per heavy atom. The first kappa shape index (κ1) is 17.0. The molecule has 138 valence electrons. The summed E-state index contributed by atoms with van der Waals surface area (Å²) >= 11 is 0. The maximum Gasteiger partial charge on any atom is 0.249 e. The van der Waals surface area contributed by atoms with Crippen LogP contribution in [-0.2, 0) is 4.79 Å². The van der Waals surface area contributed by atoms with E-state index >= 15 is 0 Å². The van der Waals surface area contributed by atoms with Crippen LogP contribution < -0.4 is 15.4 Å². The van der Waals surface area contributed by atoms with E-state index in [1.165, 1.54) is 0 Å². The maximum absolute atomic E-state index is 12.6. The third-order valence-electron chi connectivity index (χ3n) is 5.62. The van der Waals surface area contributed by atoms with Crippen molar-refractivity contribution in [3.8, 4) is 17.1 Å². The highest BCUT2D eigenvalue weighted by molar-refractivity contribution is 5.83. The largest absolute Gasteiger partial charge is 0.496 e. The monoisotopic (exact) mass is 356 g/mol. The molecule has 7 heteroatoms. The smallest absolute Gasteiger partial charge is 0.249 e. The number of benzene rings is 1. The van der Waals surface area contributed by atoms with E-state index in [0.717, 1.165) is 37.9 Å².